The Labute approximate surface area is 137 Å². The molecule has 0 aromatic heterocycles. The van der Waals surface area contributed by atoms with Crippen LogP contribution in [0.3, 0.4) is 0 Å². The molecular formula is C17H28BrN3. The predicted molar refractivity (Wildman–Crippen MR) is 95.2 cm³/mol. The highest BCUT2D eigenvalue weighted by Crippen LogP contribution is 2.28. The molecule has 0 aliphatic carbocycles. The van der Waals surface area contributed by atoms with Crippen LogP contribution in [0.25, 0.3) is 0 Å². The zero-order valence-corrected chi connectivity index (χ0v) is 15.1. The van der Waals surface area contributed by atoms with E-state index in [0.717, 1.165) is 26.2 Å². The molecule has 118 valence electrons. The summed E-state index contributed by atoms with van der Waals surface area (Å²) < 4.78 is 1.22. The summed E-state index contributed by atoms with van der Waals surface area (Å²) in [7, 11) is 0. The Morgan fingerprint density at radius 1 is 1.19 bits per heavy atom. The summed E-state index contributed by atoms with van der Waals surface area (Å²) in [6, 6.07) is 7.21. The fourth-order valence-corrected chi connectivity index (χ4v) is 3.57. The van der Waals surface area contributed by atoms with Crippen LogP contribution in [-0.2, 0) is 0 Å². The van der Waals surface area contributed by atoms with Crippen LogP contribution in [0.15, 0.2) is 22.7 Å². The molecule has 21 heavy (non-hydrogen) atoms. The number of hydrogen-bond acceptors (Lipinski definition) is 3. The number of anilines is 1. The molecule has 1 aromatic carbocycles. The lowest BCUT2D eigenvalue weighted by molar-refractivity contribution is 0.271. The second kappa shape index (κ2) is 8.16. The maximum Gasteiger partial charge on any atom is 0.0378 e. The van der Waals surface area contributed by atoms with Gasteiger partial charge in [0.25, 0.3) is 0 Å². The third kappa shape index (κ3) is 4.44. The van der Waals surface area contributed by atoms with Crippen molar-refractivity contribution in [3.63, 3.8) is 0 Å². The summed E-state index contributed by atoms with van der Waals surface area (Å²) in [6.07, 6.45) is 1.17. The van der Waals surface area contributed by atoms with Crippen LogP contribution in [0, 0.1) is 0 Å². The Kier molecular flexibility index (Phi) is 6.52. The van der Waals surface area contributed by atoms with Crippen LogP contribution < -0.4 is 10.2 Å². The minimum Gasteiger partial charge on any atom is -0.369 e. The molecule has 1 atom stereocenters. The smallest absolute Gasteiger partial charge is 0.0378 e. The average Bonchev–Trinajstić information content (AvgIpc) is 2.52. The van der Waals surface area contributed by atoms with Gasteiger partial charge < -0.3 is 15.1 Å². The molecular weight excluding hydrogens is 326 g/mol. The monoisotopic (exact) mass is 353 g/mol. The molecule has 0 spiro atoms. The second-order valence-electron chi connectivity index (χ2n) is 5.80. The maximum absolute atomic E-state index is 3.75. The van der Waals surface area contributed by atoms with Crippen molar-refractivity contribution in [1.29, 1.82) is 0 Å². The van der Waals surface area contributed by atoms with Crippen molar-refractivity contribution >= 4 is 21.6 Å². The van der Waals surface area contributed by atoms with Crippen LogP contribution in [0.4, 0.5) is 5.69 Å². The van der Waals surface area contributed by atoms with Crippen molar-refractivity contribution in [2.45, 2.75) is 33.2 Å². The number of halogens is 1. The van der Waals surface area contributed by atoms with Crippen molar-refractivity contribution in [3.8, 4) is 0 Å². The normalized spacial score (nSPS) is 18.0. The van der Waals surface area contributed by atoms with Crippen LogP contribution in [0.1, 0.15) is 38.8 Å². The van der Waals surface area contributed by atoms with Gasteiger partial charge in [0.2, 0.25) is 0 Å². The Hall–Kier alpha value is -0.580. The fraction of sp³-hybridized carbons (Fsp3) is 0.647. The largest absolute Gasteiger partial charge is 0.369 e. The lowest BCUT2D eigenvalue weighted by Gasteiger charge is -2.35. The van der Waals surface area contributed by atoms with Gasteiger partial charge in [-0.3, -0.25) is 0 Å². The fourth-order valence-electron chi connectivity index (χ4n) is 2.86. The Bertz CT molecular complexity index is 442. The van der Waals surface area contributed by atoms with E-state index in [0.29, 0.717) is 6.04 Å². The van der Waals surface area contributed by atoms with Gasteiger partial charge >= 0.3 is 0 Å². The topological polar surface area (TPSA) is 18.5 Å². The van der Waals surface area contributed by atoms with Crippen molar-refractivity contribution in [1.82, 2.24) is 10.2 Å². The quantitative estimate of drug-likeness (QED) is 0.841. The first-order valence-electron chi connectivity index (χ1n) is 8.15. The molecule has 1 heterocycles. The van der Waals surface area contributed by atoms with Crippen LogP contribution >= 0.6 is 15.9 Å². The third-order valence-corrected chi connectivity index (χ3v) is 5.02. The molecule has 1 fully saturated rings. The van der Waals surface area contributed by atoms with Gasteiger partial charge in [0.15, 0.2) is 0 Å². The first kappa shape index (κ1) is 16.8. The van der Waals surface area contributed by atoms with E-state index >= 15 is 0 Å². The summed E-state index contributed by atoms with van der Waals surface area (Å²) in [5.41, 5.74) is 2.68. The Morgan fingerprint density at radius 2 is 1.90 bits per heavy atom. The van der Waals surface area contributed by atoms with E-state index in [-0.39, 0.29) is 0 Å². The molecule has 4 heteroatoms. The number of piperazine rings is 1. The molecule has 1 saturated heterocycles. The van der Waals surface area contributed by atoms with Gasteiger partial charge in [-0.05, 0) is 44.1 Å². The molecule has 1 aliphatic rings. The molecule has 1 aromatic rings. The van der Waals surface area contributed by atoms with Gasteiger partial charge in [-0.2, -0.15) is 0 Å². The van der Waals surface area contributed by atoms with Gasteiger partial charge in [0.05, 0.1) is 0 Å². The van der Waals surface area contributed by atoms with Gasteiger partial charge in [-0.25, -0.2) is 0 Å². The molecule has 0 bridgehead atoms. The lowest BCUT2D eigenvalue weighted by Crippen LogP contribution is -2.46. The van der Waals surface area contributed by atoms with Crippen molar-refractivity contribution in [2.75, 3.05) is 44.2 Å². The number of hydrogen-bond donors (Lipinski definition) is 1. The van der Waals surface area contributed by atoms with E-state index in [9.17, 15) is 0 Å². The number of rotatable bonds is 6. The molecule has 0 radical (unpaired) electrons. The third-order valence-electron chi connectivity index (χ3n) is 4.34. The zero-order chi connectivity index (χ0) is 15.2. The minimum atomic E-state index is 0.394. The number of benzene rings is 1. The summed E-state index contributed by atoms with van der Waals surface area (Å²) >= 11 is 3.75. The Morgan fingerprint density at radius 3 is 2.48 bits per heavy atom. The van der Waals surface area contributed by atoms with E-state index in [1.54, 1.807) is 0 Å². The molecule has 0 amide bonds. The van der Waals surface area contributed by atoms with E-state index in [2.05, 4.69) is 70.0 Å². The molecule has 2 rings (SSSR count). The lowest BCUT2D eigenvalue weighted by atomic mass is 10.1. The summed E-state index contributed by atoms with van der Waals surface area (Å²) in [5.74, 6) is 0. The van der Waals surface area contributed by atoms with Crippen molar-refractivity contribution < 1.29 is 0 Å². The summed E-state index contributed by atoms with van der Waals surface area (Å²) in [6.45, 7) is 13.5. The zero-order valence-electron chi connectivity index (χ0n) is 13.5. The Balaban J connectivity index is 2.02. The van der Waals surface area contributed by atoms with Crippen molar-refractivity contribution in [2.24, 2.45) is 0 Å². The van der Waals surface area contributed by atoms with E-state index in [1.807, 2.05) is 0 Å². The van der Waals surface area contributed by atoms with E-state index < -0.39 is 0 Å². The first-order valence-corrected chi connectivity index (χ1v) is 8.95. The SMILES string of the molecule is CCCNC(C)c1ccc(N2CCN(CC)CC2)cc1Br. The summed E-state index contributed by atoms with van der Waals surface area (Å²) in [4.78, 5) is 5.00. The molecule has 3 nitrogen and oxygen atoms in total. The summed E-state index contributed by atoms with van der Waals surface area (Å²) in [5, 5.41) is 3.55. The second-order valence-corrected chi connectivity index (χ2v) is 6.66. The molecule has 1 aliphatic heterocycles. The minimum absolute atomic E-state index is 0.394. The van der Waals surface area contributed by atoms with Gasteiger partial charge in [-0.15, -0.1) is 0 Å². The van der Waals surface area contributed by atoms with E-state index in [1.165, 1.54) is 35.2 Å². The molecule has 1 unspecified atom stereocenters. The number of likely N-dealkylation sites (N-methyl/N-ethyl adjacent to an activating group) is 1. The first-order chi connectivity index (χ1) is 10.2. The van der Waals surface area contributed by atoms with Crippen LogP contribution in [0.5, 0.6) is 0 Å². The van der Waals surface area contributed by atoms with Crippen LogP contribution in [0.2, 0.25) is 0 Å². The molecule has 1 N–H and O–H groups in total. The predicted octanol–water partition coefficient (Wildman–Crippen LogP) is 3.65. The highest BCUT2D eigenvalue weighted by molar-refractivity contribution is 9.10. The maximum atomic E-state index is 3.75. The highest BCUT2D eigenvalue weighted by Gasteiger charge is 2.17. The highest BCUT2D eigenvalue weighted by atomic mass is 79.9. The molecule has 0 saturated carbocycles. The van der Waals surface area contributed by atoms with Gasteiger partial charge in [-0.1, -0.05) is 35.8 Å². The van der Waals surface area contributed by atoms with E-state index in [4.69, 9.17) is 0 Å². The van der Waals surface area contributed by atoms with Crippen LogP contribution in [-0.4, -0.2) is 44.2 Å². The van der Waals surface area contributed by atoms with Gasteiger partial charge in [0.1, 0.15) is 0 Å². The van der Waals surface area contributed by atoms with Crippen molar-refractivity contribution in [3.05, 3.63) is 28.2 Å². The standard InChI is InChI=1S/C17H28BrN3/c1-4-8-19-14(3)16-7-6-15(13-17(16)18)21-11-9-20(5-2)10-12-21/h6-7,13-14,19H,4-5,8-12H2,1-3H3. The van der Waals surface area contributed by atoms with Gasteiger partial charge in [0, 0.05) is 42.4 Å². The number of nitrogens with one attached hydrogen (secondary N) is 1. The number of nitrogens with zero attached hydrogens (tertiary/aromatic N) is 2. The average molecular weight is 354 g/mol.